The summed E-state index contributed by atoms with van der Waals surface area (Å²) in [5, 5.41) is 2.57. The Hall–Kier alpha value is -2.45. The van der Waals surface area contributed by atoms with E-state index in [4.69, 9.17) is 4.18 Å². The van der Waals surface area contributed by atoms with Gasteiger partial charge >= 0.3 is 10.1 Å². The molecule has 0 aliphatic heterocycles. The fourth-order valence-corrected chi connectivity index (χ4v) is 3.18. The van der Waals surface area contributed by atoms with E-state index in [0.29, 0.717) is 10.6 Å². The molecule has 0 saturated heterocycles. The zero-order valence-electron chi connectivity index (χ0n) is 13.7. The largest absolute Gasteiger partial charge is 0.382 e. The number of benzene rings is 2. The molecule has 0 fully saturated rings. The molecule has 6 nitrogen and oxygen atoms in total. The van der Waals surface area contributed by atoms with E-state index < -0.39 is 15.9 Å². The van der Waals surface area contributed by atoms with E-state index >= 15 is 0 Å². The number of hydrogen-bond acceptors (Lipinski definition) is 4. The number of anilines is 1. The first-order valence-electron chi connectivity index (χ1n) is 7.68. The average molecular weight is 367 g/mol. The summed E-state index contributed by atoms with van der Waals surface area (Å²) in [6, 6.07) is 13.8. The molecule has 2 aromatic carbocycles. The lowest BCUT2D eigenvalue weighted by molar-refractivity contribution is -0.868. The normalized spacial score (nSPS) is 12.4. The second-order valence-corrected chi connectivity index (χ2v) is 7.29. The third-order valence-electron chi connectivity index (χ3n) is 3.32. The monoisotopic (exact) mass is 367 g/mol. The summed E-state index contributed by atoms with van der Waals surface area (Å²) in [5.41, 5.74) is 0.359. The fraction of sp³-hybridized carbons (Fsp3) is 0.235. The fourth-order valence-electron chi connectivity index (χ4n) is 2.10. The molecule has 0 radical (unpaired) electrons. The van der Waals surface area contributed by atoms with E-state index in [9.17, 15) is 17.6 Å². The van der Waals surface area contributed by atoms with Gasteiger partial charge in [-0.15, -0.1) is 0 Å². The number of hydrogen-bond donors (Lipinski definition) is 2. The maximum absolute atomic E-state index is 13.1. The van der Waals surface area contributed by atoms with Crippen LogP contribution < -0.4 is 14.4 Å². The Balaban J connectivity index is 1.79. The van der Waals surface area contributed by atoms with Crippen molar-refractivity contribution in [2.24, 2.45) is 0 Å². The van der Waals surface area contributed by atoms with Gasteiger partial charge in [0.1, 0.15) is 17.3 Å². The lowest BCUT2D eigenvalue weighted by Gasteiger charge is -2.14. The quantitative estimate of drug-likeness (QED) is 0.673. The number of nitrogens with one attached hydrogen (secondary N) is 2. The third kappa shape index (κ3) is 6.90. The first kappa shape index (κ1) is 18.9. The van der Waals surface area contributed by atoms with Gasteiger partial charge in [-0.05, 0) is 30.3 Å². The Bertz CT molecular complexity index is 812. The average Bonchev–Trinajstić information content (AvgIpc) is 2.53. The topological polar surface area (TPSA) is 76.9 Å². The molecule has 2 aromatic rings. The van der Waals surface area contributed by atoms with Crippen molar-refractivity contribution in [1.29, 1.82) is 0 Å². The molecule has 0 aromatic heterocycles. The summed E-state index contributed by atoms with van der Waals surface area (Å²) < 4.78 is 41.9. The predicted octanol–water partition coefficient (Wildman–Crippen LogP) is 0.688. The zero-order valence-corrected chi connectivity index (χ0v) is 14.6. The van der Waals surface area contributed by atoms with Gasteiger partial charge in [-0.1, -0.05) is 24.3 Å². The summed E-state index contributed by atoms with van der Waals surface area (Å²) in [7, 11) is -2.03. The highest BCUT2D eigenvalue weighted by Crippen LogP contribution is 2.11. The Morgan fingerprint density at radius 3 is 2.56 bits per heavy atom. The van der Waals surface area contributed by atoms with Crippen molar-refractivity contribution in [3.8, 4) is 5.75 Å². The zero-order chi connectivity index (χ0) is 18.3. The van der Waals surface area contributed by atoms with Crippen molar-refractivity contribution in [3.05, 3.63) is 60.4 Å². The summed E-state index contributed by atoms with van der Waals surface area (Å²) in [4.78, 5) is 12.6. The van der Waals surface area contributed by atoms with Crippen LogP contribution in [0.25, 0.3) is 0 Å². The summed E-state index contributed by atoms with van der Waals surface area (Å²) in [6.07, 6.45) is 0. The van der Waals surface area contributed by atoms with E-state index in [1.54, 1.807) is 43.4 Å². The summed E-state index contributed by atoms with van der Waals surface area (Å²) >= 11 is 0. The molecular weight excluding hydrogens is 347 g/mol. The molecular formula is C17H20FN2O4S+. The number of carbonyl (C=O) groups is 1. The van der Waals surface area contributed by atoms with E-state index in [1.165, 1.54) is 18.2 Å². The molecule has 0 aliphatic carbocycles. The first-order valence-corrected chi connectivity index (χ1v) is 9.26. The highest BCUT2D eigenvalue weighted by Gasteiger charge is 2.18. The van der Waals surface area contributed by atoms with Crippen LogP contribution in [0.5, 0.6) is 5.75 Å². The maximum atomic E-state index is 13.1. The third-order valence-corrected chi connectivity index (χ3v) is 4.47. The number of amides is 1. The van der Waals surface area contributed by atoms with Crippen molar-refractivity contribution < 1.29 is 26.7 Å². The SMILES string of the molecule is C[NH+](CCS(=O)(=O)Oc1ccccc1)CC(=O)Nc1cccc(F)c1. The Morgan fingerprint density at radius 1 is 1.16 bits per heavy atom. The minimum atomic E-state index is -3.73. The minimum absolute atomic E-state index is 0.0529. The smallest absolute Gasteiger partial charge is 0.314 e. The summed E-state index contributed by atoms with van der Waals surface area (Å²) in [5.74, 6) is -0.739. The number of halogens is 1. The molecule has 0 aliphatic rings. The van der Waals surface area contributed by atoms with Crippen LogP contribution in [-0.4, -0.2) is 40.2 Å². The maximum Gasteiger partial charge on any atom is 0.314 e. The van der Waals surface area contributed by atoms with Gasteiger partial charge in [0.15, 0.2) is 6.54 Å². The second kappa shape index (κ2) is 8.59. The molecule has 2 rings (SSSR count). The van der Waals surface area contributed by atoms with Gasteiger partial charge in [0.25, 0.3) is 5.91 Å². The molecule has 0 heterocycles. The molecule has 2 N–H and O–H groups in total. The lowest BCUT2D eigenvalue weighted by Crippen LogP contribution is -3.10. The van der Waals surface area contributed by atoms with Crippen LogP contribution in [0.1, 0.15) is 0 Å². The number of rotatable bonds is 8. The second-order valence-electron chi connectivity index (χ2n) is 5.60. The number of carbonyl (C=O) groups excluding carboxylic acids is 1. The molecule has 1 unspecified atom stereocenters. The molecule has 134 valence electrons. The van der Waals surface area contributed by atoms with Crippen LogP contribution >= 0.6 is 0 Å². The molecule has 0 spiro atoms. The van der Waals surface area contributed by atoms with Gasteiger partial charge in [0.2, 0.25) is 0 Å². The Kier molecular flexibility index (Phi) is 6.49. The van der Waals surface area contributed by atoms with Crippen LogP contribution in [-0.2, 0) is 14.9 Å². The van der Waals surface area contributed by atoms with Gasteiger partial charge < -0.3 is 14.4 Å². The Labute approximate surface area is 146 Å². The van der Waals surface area contributed by atoms with Gasteiger partial charge in [-0.3, -0.25) is 4.79 Å². The van der Waals surface area contributed by atoms with Gasteiger partial charge in [-0.2, -0.15) is 8.42 Å². The van der Waals surface area contributed by atoms with Crippen LogP contribution in [0, 0.1) is 5.82 Å². The predicted molar refractivity (Wildman–Crippen MR) is 92.5 cm³/mol. The van der Waals surface area contributed by atoms with Crippen LogP contribution in [0.15, 0.2) is 54.6 Å². The molecule has 1 amide bonds. The number of likely N-dealkylation sites (N-methyl/N-ethyl adjacent to an activating group) is 1. The van der Waals surface area contributed by atoms with Crippen molar-refractivity contribution >= 4 is 21.7 Å². The Morgan fingerprint density at radius 2 is 1.88 bits per heavy atom. The van der Waals surface area contributed by atoms with Gasteiger partial charge in [0.05, 0.1) is 13.6 Å². The van der Waals surface area contributed by atoms with E-state index in [1.807, 2.05) is 0 Å². The van der Waals surface area contributed by atoms with Crippen molar-refractivity contribution in [3.63, 3.8) is 0 Å². The van der Waals surface area contributed by atoms with Crippen LogP contribution in [0.4, 0.5) is 10.1 Å². The molecule has 8 heteroatoms. The van der Waals surface area contributed by atoms with Crippen LogP contribution in [0.2, 0.25) is 0 Å². The van der Waals surface area contributed by atoms with E-state index in [2.05, 4.69) is 5.32 Å². The lowest BCUT2D eigenvalue weighted by atomic mass is 10.3. The number of para-hydroxylation sites is 1. The first-order chi connectivity index (χ1) is 11.8. The van der Waals surface area contributed by atoms with Crippen LogP contribution in [0.3, 0.4) is 0 Å². The highest BCUT2D eigenvalue weighted by atomic mass is 32.2. The molecule has 0 bridgehead atoms. The van der Waals surface area contributed by atoms with Crippen molar-refractivity contribution in [1.82, 2.24) is 0 Å². The van der Waals surface area contributed by atoms with E-state index in [-0.39, 0.29) is 30.5 Å². The van der Waals surface area contributed by atoms with E-state index in [0.717, 1.165) is 0 Å². The highest BCUT2D eigenvalue weighted by molar-refractivity contribution is 7.87. The summed E-state index contributed by atoms with van der Waals surface area (Å²) in [6.45, 7) is 0.253. The molecule has 25 heavy (non-hydrogen) atoms. The number of quaternary nitrogens is 1. The minimum Gasteiger partial charge on any atom is -0.382 e. The van der Waals surface area contributed by atoms with Gasteiger partial charge in [0, 0.05) is 5.69 Å². The van der Waals surface area contributed by atoms with Crippen molar-refractivity contribution in [2.45, 2.75) is 0 Å². The van der Waals surface area contributed by atoms with Gasteiger partial charge in [-0.25, -0.2) is 4.39 Å². The molecule has 1 atom stereocenters. The van der Waals surface area contributed by atoms with Crippen molar-refractivity contribution in [2.75, 3.05) is 31.2 Å². The standard InChI is InChI=1S/C17H19FN2O4S/c1-20(13-17(21)19-15-7-5-6-14(18)12-15)10-11-25(22,23)24-16-8-3-2-4-9-16/h2-9,12H,10-11,13H2,1H3,(H,19,21)/p+1. The molecule has 0 saturated carbocycles.